The number of hydrogen-bond donors (Lipinski definition) is 1. The zero-order valence-electron chi connectivity index (χ0n) is 11.5. The van der Waals surface area contributed by atoms with Gasteiger partial charge in [-0.1, -0.05) is 0 Å². The molecule has 0 saturated carbocycles. The smallest absolute Gasteiger partial charge is 0.0900 e. The lowest BCUT2D eigenvalue weighted by molar-refractivity contribution is 0.155. The van der Waals surface area contributed by atoms with Crippen LogP contribution in [0.3, 0.4) is 0 Å². The maximum absolute atomic E-state index is 6.02. The van der Waals surface area contributed by atoms with E-state index in [1.54, 1.807) is 0 Å². The number of halogens is 1. The Hall–Kier alpha value is -0.160. The van der Waals surface area contributed by atoms with Crippen LogP contribution in [-0.4, -0.2) is 29.0 Å². The monoisotopic (exact) mass is 289 g/mol. The van der Waals surface area contributed by atoms with Crippen molar-refractivity contribution < 1.29 is 0 Å². The lowest BCUT2D eigenvalue weighted by atomic mass is 9.92. The average Bonchev–Trinajstić information content (AvgIpc) is 2.58. The van der Waals surface area contributed by atoms with Crippen molar-refractivity contribution in [1.82, 2.24) is 9.88 Å². The van der Waals surface area contributed by atoms with Crippen LogP contribution in [0.15, 0.2) is 0 Å². The van der Waals surface area contributed by atoms with Crippen molar-refractivity contribution in [2.75, 3.05) is 13.1 Å². The number of rotatable bonds is 3. The van der Waals surface area contributed by atoms with Crippen molar-refractivity contribution >= 4 is 23.7 Å². The van der Waals surface area contributed by atoms with E-state index in [0.717, 1.165) is 13.1 Å². The SMILES string of the molecule is Cc1nc(C)c(CN2CCCC(C(C)N)C2)s1.Cl. The third-order valence-corrected chi connectivity index (χ3v) is 4.71. The summed E-state index contributed by atoms with van der Waals surface area (Å²) in [4.78, 5) is 8.46. The first-order valence-corrected chi connectivity index (χ1v) is 7.28. The Morgan fingerprint density at radius 3 is 2.78 bits per heavy atom. The van der Waals surface area contributed by atoms with Crippen LogP contribution in [0.5, 0.6) is 0 Å². The fraction of sp³-hybridized carbons (Fsp3) is 0.769. The third-order valence-electron chi connectivity index (χ3n) is 3.65. The highest BCUT2D eigenvalue weighted by Crippen LogP contribution is 2.24. The number of nitrogens with zero attached hydrogens (tertiary/aromatic N) is 2. The number of thiazole rings is 1. The van der Waals surface area contributed by atoms with Gasteiger partial charge in [0.1, 0.15) is 0 Å². The number of aryl methyl sites for hydroxylation is 2. The molecule has 1 saturated heterocycles. The summed E-state index contributed by atoms with van der Waals surface area (Å²) < 4.78 is 0. The molecule has 1 aliphatic rings. The van der Waals surface area contributed by atoms with E-state index in [2.05, 4.69) is 30.7 Å². The lowest BCUT2D eigenvalue weighted by Gasteiger charge is -2.34. The molecule has 18 heavy (non-hydrogen) atoms. The maximum Gasteiger partial charge on any atom is 0.0900 e. The largest absolute Gasteiger partial charge is 0.328 e. The first-order chi connectivity index (χ1) is 8.06. The quantitative estimate of drug-likeness (QED) is 0.930. The van der Waals surface area contributed by atoms with Gasteiger partial charge in [0.2, 0.25) is 0 Å². The topological polar surface area (TPSA) is 42.2 Å². The van der Waals surface area contributed by atoms with Crippen molar-refractivity contribution in [3.8, 4) is 0 Å². The molecule has 0 spiro atoms. The fourth-order valence-electron chi connectivity index (χ4n) is 2.59. The van der Waals surface area contributed by atoms with E-state index in [-0.39, 0.29) is 12.4 Å². The molecule has 2 unspecified atom stereocenters. The Morgan fingerprint density at radius 1 is 1.50 bits per heavy atom. The Labute approximate surface area is 120 Å². The van der Waals surface area contributed by atoms with Gasteiger partial charge in [-0.3, -0.25) is 4.90 Å². The van der Waals surface area contributed by atoms with Gasteiger partial charge in [0, 0.05) is 24.0 Å². The minimum absolute atomic E-state index is 0. The van der Waals surface area contributed by atoms with Gasteiger partial charge in [-0.05, 0) is 46.1 Å². The van der Waals surface area contributed by atoms with E-state index >= 15 is 0 Å². The lowest BCUT2D eigenvalue weighted by Crippen LogP contribution is -2.41. The summed E-state index contributed by atoms with van der Waals surface area (Å²) in [5, 5.41) is 1.18. The van der Waals surface area contributed by atoms with Crippen LogP contribution in [0.2, 0.25) is 0 Å². The van der Waals surface area contributed by atoms with Gasteiger partial charge in [-0.25, -0.2) is 4.98 Å². The van der Waals surface area contributed by atoms with Gasteiger partial charge >= 0.3 is 0 Å². The molecular weight excluding hydrogens is 266 g/mol. The van der Waals surface area contributed by atoms with E-state index in [4.69, 9.17) is 5.73 Å². The molecule has 1 aromatic heterocycles. The van der Waals surface area contributed by atoms with Crippen LogP contribution in [0.25, 0.3) is 0 Å². The summed E-state index contributed by atoms with van der Waals surface area (Å²) in [6.07, 6.45) is 2.57. The summed E-state index contributed by atoms with van der Waals surface area (Å²) >= 11 is 1.83. The second-order valence-electron chi connectivity index (χ2n) is 5.24. The maximum atomic E-state index is 6.02. The predicted octanol–water partition coefficient (Wildman–Crippen LogP) is 2.74. The van der Waals surface area contributed by atoms with E-state index in [9.17, 15) is 0 Å². The second-order valence-corrected chi connectivity index (χ2v) is 6.53. The first kappa shape index (κ1) is 15.9. The first-order valence-electron chi connectivity index (χ1n) is 6.47. The summed E-state index contributed by atoms with van der Waals surface area (Å²) in [5.41, 5.74) is 7.22. The number of likely N-dealkylation sites (tertiary alicyclic amines) is 1. The Bertz CT molecular complexity index is 378. The third kappa shape index (κ3) is 3.92. The van der Waals surface area contributed by atoms with Crippen molar-refractivity contribution in [2.24, 2.45) is 11.7 Å². The molecule has 104 valence electrons. The summed E-state index contributed by atoms with van der Waals surface area (Å²) in [7, 11) is 0. The number of aromatic nitrogens is 1. The molecule has 0 radical (unpaired) electrons. The number of nitrogens with two attached hydrogens (primary N) is 1. The molecule has 0 bridgehead atoms. The predicted molar refractivity (Wildman–Crippen MR) is 80.5 cm³/mol. The van der Waals surface area contributed by atoms with Crippen LogP contribution in [0.4, 0.5) is 0 Å². The van der Waals surface area contributed by atoms with Crippen molar-refractivity contribution in [3.05, 3.63) is 15.6 Å². The highest BCUT2D eigenvalue weighted by atomic mass is 35.5. The standard InChI is InChI=1S/C13H23N3S.ClH/c1-9(14)12-5-4-6-16(7-12)8-13-10(2)15-11(3)17-13;/h9,12H,4-8,14H2,1-3H3;1H. The molecule has 3 nitrogen and oxygen atoms in total. The van der Waals surface area contributed by atoms with Gasteiger partial charge in [0.15, 0.2) is 0 Å². The summed E-state index contributed by atoms with van der Waals surface area (Å²) in [6, 6.07) is 0.321. The van der Waals surface area contributed by atoms with E-state index < -0.39 is 0 Å². The molecule has 1 aliphatic heterocycles. The molecular formula is C13H24ClN3S. The van der Waals surface area contributed by atoms with Gasteiger partial charge in [0.05, 0.1) is 10.7 Å². The molecule has 2 rings (SSSR count). The molecule has 2 N–H and O–H groups in total. The zero-order valence-corrected chi connectivity index (χ0v) is 13.1. The summed E-state index contributed by atoms with van der Waals surface area (Å²) in [6.45, 7) is 9.75. The van der Waals surface area contributed by atoms with Crippen LogP contribution < -0.4 is 5.73 Å². The second kappa shape index (κ2) is 6.85. The normalized spacial score (nSPS) is 22.6. The Balaban J connectivity index is 0.00000162. The summed E-state index contributed by atoms with van der Waals surface area (Å²) in [5.74, 6) is 0.665. The van der Waals surface area contributed by atoms with Gasteiger partial charge in [-0.15, -0.1) is 23.7 Å². The van der Waals surface area contributed by atoms with E-state index in [1.165, 1.54) is 35.0 Å². The van der Waals surface area contributed by atoms with Crippen LogP contribution in [-0.2, 0) is 6.54 Å². The average molecular weight is 290 g/mol. The van der Waals surface area contributed by atoms with Crippen LogP contribution in [0, 0.1) is 19.8 Å². The van der Waals surface area contributed by atoms with Crippen molar-refractivity contribution in [2.45, 2.75) is 46.2 Å². The van der Waals surface area contributed by atoms with E-state index in [1.807, 2.05) is 11.3 Å². The minimum atomic E-state index is 0. The number of piperidine rings is 1. The molecule has 2 atom stereocenters. The zero-order chi connectivity index (χ0) is 12.4. The molecule has 0 aliphatic carbocycles. The minimum Gasteiger partial charge on any atom is -0.328 e. The van der Waals surface area contributed by atoms with Crippen LogP contribution in [0.1, 0.15) is 35.3 Å². The molecule has 1 fully saturated rings. The number of hydrogen-bond acceptors (Lipinski definition) is 4. The molecule has 2 heterocycles. The highest BCUT2D eigenvalue weighted by molar-refractivity contribution is 7.11. The van der Waals surface area contributed by atoms with Crippen LogP contribution >= 0.6 is 23.7 Å². The van der Waals surface area contributed by atoms with Gasteiger partial charge in [-0.2, -0.15) is 0 Å². The van der Waals surface area contributed by atoms with Crippen molar-refractivity contribution in [3.63, 3.8) is 0 Å². The molecule has 0 amide bonds. The molecule has 0 aromatic carbocycles. The Morgan fingerprint density at radius 2 is 2.22 bits per heavy atom. The molecule has 1 aromatic rings. The molecule has 5 heteroatoms. The van der Waals surface area contributed by atoms with Gasteiger partial charge < -0.3 is 5.73 Å². The van der Waals surface area contributed by atoms with Gasteiger partial charge in [0.25, 0.3) is 0 Å². The van der Waals surface area contributed by atoms with Crippen molar-refractivity contribution in [1.29, 1.82) is 0 Å². The highest BCUT2D eigenvalue weighted by Gasteiger charge is 2.23. The van der Waals surface area contributed by atoms with E-state index in [0.29, 0.717) is 12.0 Å². The fourth-order valence-corrected chi connectivity index (χ4v) is 3.57. The Kier molecular flexibility index (Phi) is 6.05.